The molecule has 1 aliphatic rings. The van der Waals surface area contributed by atoms with Gasteiger partial charge in [0.1, 0.15) is 18.0 Å². The lowest BCUT2D eigenvalue weighted by molar-refractivity contribution is -0.246. The molecule has 1 aliphatic heterocycles. The summed E-state index contributed by atoms with van der Waals surface area (Å²) in [7, 11) is 0. The number of hydrogen-bond donors (Lipinski definition) is 4. The van der Waals surface area contributed by atoms with Gasteiger partial charge >= 0.3 is 5.97 Å². The molecule has 4 atom stereocenters. The molecule has 0 spiro atoms. The van der Waals surface area contributed by atoms with Crippen LogP contribution in [0.15, 0.2) is 54.6 Å². The average Bonchev–Trinajstić information content (AvgIpc) is 3.28. The van der Waals surface area contributed by atoms with Gasteiger partial charge in [-0.1, -0.05) is 60.3 Å². The third kappa shape index (κ3) is 4.07. The number of aliphatic hydroxyl groups is 4. The van der Waals surface area contributed by atoms with Gasteiger partial charge in [0.2, 0.25) is 5.79 Å². The van der Waals surface area contributed by atoms with Crippen LogP contribution in [0.3, 0.4) is 0 Å². The highest BCUT2D eigenvalue weighted by Crippen LogP contribution is 2.35. The number of aliphatic hydroxyl groups excluding tert-OH is 3. The van der Waals surface area contributed by atoms with Crippen LogP contribution in [0.2, 0.25) is 0 Å². The fraction of sp³-hybridized carbons (Fsp3) is 0.318. The second kappa shape index (κ2) is 8.75. The normalized spacial score (nSPS) is 25.7. The molecule has 3 aromatic rings. The van der Waals surface area contributed by atoms with Gasteiger partial charge in [-0.15, -0.1) is 5.52 Å². The van der Waals surface area contributed by atoms with Gasteiger partial charge in [-0.25, -0.2) is 4.79 Å². The smallest absolute Gasteiger partial charge is 0.343 e. The van der Waals surface area contributed by atoms with Crippen LogP contribution in [-0.2, 0) is 27.5 Å². The molecule has 4 rings (SSSR count). The molecule has 1 fully saturated rings. The average molecular weight is 428 g/mol. The zero-order valence-corrected chi connectivity index (χ0v) is 16.4. The fourth-order valence-corrected chi connectivity index (χ4v) is 3.53. The summed E-state index contributed by atoms with van der Waals surface area (Å²) >= 11 is 0. The molecule has 9 nitrogen and oxygen atoms in total. The van der Waals surface area contributed by atoms with Gasteiger partial charge in [-0.2, -0.15) is 0 Å². The molecule has 0 bridgehead atoms. The Balaban J connectivity index is 1.59. The molecule has 4 N–H and O–H groups in total. The summed E-state index contributed by atoms with van der Waals surface area (Å²) in [5.41, 5.74) is 1.47. The van der Waals surface area contributed by atoms with Gasteiger partial charge in [0.15, 0.2) is 6.10 Å². The lowest BCUT2D eigenvalue weighted by Gasteiger charge is -2.23. The predicted octanol–water partition coefficient (Wildman–Crippen LogP) is 0.221. The SMILES string of the molecule is O=C(Oc1c(CO)[n-]c2ccccc12)[C@@H]1O[C@@](O)(CO)[C@H](O)[C@H]1OCc1ccccc1. The fourth-order valence-electron chi connectivity index (χ4n) is 3.53. The monoisotopic (exact) mass is 428 g/mol. The second-order valence-corrected chi connectivity index (χ2v) is 7.23. The Bertz CT molecular complexity index is 1050. The Kier molecular flexibility index (Phi) is 6.05. The number of nitrogens with zero attached hydrogens (tertiary/aromatic N) is 1. The van der Waals surface area contributed by atoms with E-state index in [1.807, 2.05) is 6.07 Å². The Labute approximate surface area is 177 Å². The summed E-state index contributed by atoms with van der Waals surface area (Å²) in [4.78, 5) is 17.2. The molecule has 2 heterocycles. The van der Waals surface area contributed by atoms with Crippen molar-refractivity contribution in [3.63, 3.8) is 0 Å². The third-order valence-corrected chi connectivity index (χ3v) is 5.17. The molecule has 1 aromatic heterocycles. The molecule has 9 heteroatoms. The van der Waals surface area contributed by atoms with Crippen molar-refractivity contribution in [3.8, 4) is 5.75 Å². The van der Waals surface area contributed by atoms with Crippen LogP contribution in [0.25, 0.3) is 10.9 Å². The van der Waals surface area contributed by atoms with E-state index < -0.39 is 43.3 Å². The number of benzene rings is 2. The van der Waals surface area contributed by atoms with Gasteiger partial charge in [-0.3, -0.25) is 0 Å². The summed E-state index contributed by atoms with van der Waals surface area (Å²) in [6, 6.07) is 15.9. The zero-order chi connectivity index (χ0) is 22.0. The van der Waals surface area contributed by atoms with Crippen molar-refractivity contribution in [2.45, 2.75) is 37.3 Å². The molecular formula is C22H22NO8-. The minimum atomic E-state index is -2.39. The molecule has 164 valence electrons. The van der Waals surface area contributed by atoms with E-state index in [0.717, 1.165) is 5.56 Å². The zero-order valence-electron chi connectivity index (χ0n) is 16.4. The highest BCUT2D eigenvalue weighted by Gasteiger charge is 2.57. The Morgan fingerprint density at radius 1 is 1.10 bits per heavy atom. The van der Waals surface area contributed by atoms with Gasteiger partial charge in [0, 0.05) is 5.39 Å². The van der Waals surface area contributed by atoms with Crippen LogP contribution >= 0.6 is 0 Å². The van der Waals surface area contributed by atoms with E-state index in [0.29, 0.717) is 10.9 Å². The molecule has 0 amide bonds. The quantitative estimate of drug-likeness (QED) is 0.389. The topological polar surface area (TPSA) is 140 Å². The predicted molar refractivity (Wildman–Crippen MR) is 107 cm³/mol. The van der Waals surface area contributed by atoms with Crippen molar-refractivity contribution in [2.75, 3.05) is 6.61 Å². The maximum Gasteiger partial charge on any atom is 0.343 e. The number of esters is 1. The molecule has 0 aliphatic carbocycles. The number of carbonyl (C=O) groups is 1. The first kappa shape index (κ1) is 21.4. The summed E-state index contributed by atoms with van der Waals surface area (Å²) < 4.78 is 16.4. The number of ether oxygens (including phenoxy) is 3. The first-order valence-electron chi connectivity index (χ1n) is 9.68. The van der Waals surface area contributed by atoms with Crippen LogP contribution < -0.4 is 9.72 Å². The van der Waals surface area contributed by atoms with Gasteiger partial charge in [0.05, 0.1) is 19.8 Å². The van der Waals surface area contributed by atoms with Crippen molar-refractivity contribution in [3.05, 3.63) is 65.9 Å². The van der Waals surface area contributed by atoms with E-state index in [9.17, 15) is 25.2 Å². The van der Waals surface area contributed by atoms with Crippen molar-refractivity contribution in [2.24, 2.45) is 0 Å². The standard InChI is InChI=1S/C22H22NO8/c24-10-16-17(14-8-4-5-9-15(14)23-16)30-21(27)19-18(20(26)22(28,12-25)31-19)29-11-13-6-2-1-3-7-13/h1-9,18-20,24-26,28H,10-12H2/q-1/t18-,19+,20+,22-/m0/s1. The maximum atomic E-state index is 13.0. The number of fused-ring (bicyclic) bond motifs is 1. The number of rotatable bonds is 7. The van der Waals surface area contributed by atoms with E-state index in [1.165, 1.54) is 0 Å². The molecular weight excluding hydrogens is 406 g/mol. The van der Waals surface area contributed by atoms with Gasteiger partial charge in [0.25, 0.3) is 0 Å². The minimum absolute atomic E-state index is 0.0277. The van der Waals surface area contributed by atoms with Crippen molar-refractivity contribution in [1.82, 2.24) is 4.98 Å². The molecule has 1 saturated heterocycles. The van der Waals surface area contributed by atoms with E-state index in [4.69, 9.17) is 14.2 Å². The molecule has 0 saturated carbocycles. The molecule has 2 aromatic carbocycles. The van der Waals surface area contributed by atoms with E-state index in [1.54, 1.807) is 48.5 Å². The van der Waals surface area contributed by atoms with Crippen molar-refractivity contribution < 1.29 is 39.4 Å². The van der Waals surface area contributed by atoms with Gasteiger partial charge < -0.3 is 39.6 Å². The highest BCUT2D eigenvalue weighted by molar-refractivity contribution is 5.91. The van der Waals surface area contributed by atoms with Crippen LogP contribution in [0.5, 0.6) is 5.75 Å². The Morgan fingerprint density at radius 3 is 2.52 bits per heavy atom. The maximum absolute atomic E-state index is 13.0. The van der Waals surface area contributed by atoms with E-state index in [2.05, 4.69) is 4.98 Å². The Hall–Kier alpha value is -2.79. The summed E-state index contributed by atoms with van der Waals surface area (Å²) in [6.07, 6.45) is -4.54. The lowest BCUT2D eigenvalue weighted by Crippen LogP contribution is -2.46. The summed E-state index contributed by atoms with van der Waals surface area (Å²) in [6.45, 7) is -1.38. The van der Waals surface area contributed by atoms with Crippen molar-refractivity contribution >= 4 is 16.9 Å². The van der Waals surface area contributed by atoms with E-state index in [-0.39, 0.29) is 18.1 Å². The largest absolute Gasteiger partial charge is 0.656 e. The van der Waals surface area contributed by atoms with Crippen molar-refractivity contribution in [1.29, 1.82) is 0 Å². The number of para-hydroxylation sites is 1. The number of hydrogen-bond acceptors (Lipinski definition) is 8. The third-order valence-electron chi connectivity index (χ3n) is 5.17. The summed E-state index contributed by atoms with van der Waals surface area (Å²) in [5, 5.41) is 40.5. The lowest BCUT2D eigenvalue weighted by atomic mass is 10.1. The van der Waals surface area contributed by atoms with Crippen LogP contribution in [-0.4, -0.2) is 57.1 Å². The van der Waals surface area contributed by atoms with Crippen LogP contribution in [0.4, 0.5) is 0 Å². The Morgan fingerprint density at radius 2 is 1.81 bits per heavy atom. The van der Waals surface area contributed by atoms with Crippen LogP contribution in [0, 0.1) is 0 Å². The molecule has 0 radical (unpaired) electrons. The molecule has 31 heavy (non-hydrogen) atoms. The highest BCUT2D eigenvalue weighted by atomic mass is 16.7. The number of aromatic nitrogens is 1. The first-order chi connectivity index (χ1) is 15.0. The van der Waals surface area contributed by atoms with Crippen LogP contribution in [0.1, 0.15) is 11.3 Å². The summed E-state index contributed by atoms with van der Waals surface area (Å²) in [5.74, 6) is -3.30. The second-order valence-electron chi connectivity index (χ2n) is 7.23. The molecule has 0 unspecified atom stereocenters. The first-order valence-corrected chi connectivity index (χ1v) is 9.68. The number of carbonyl (C=O) groups excluding carboxylic acids is 1. The van der Waals surface area contributed by atoms with E-state index >= 15 is 0 Å². The minimum Gasteiger partial charge on any atom is -0.656 e. The van der Waals surface area contributed by atoms with Gasteiger partial charge in [-0.05, 0) is 5.56 Å².